The van der Waals surface area contributed by atoms with Crippen LogP contribution >= 0.6 is 0 Å². The van der Waals surface area contributed by atoms with Crippen LogP contribution < -0.4 is 11.1 Å². The van der Waals surface area contributed by atoms with Crippen LogP contribution in [0, 0.1) is 11.3 Å². The van der Waals surface area contributed by atoms with Crippen LogP contribution in [0.5, 0.6) is 0 Å². The smallest absolute Gasteiger partial charge is 0.155 e. The van der Waals surface area contributed by atoms with E-state index in [9.17, 15) is 4.79 Å². The summed E-state index contributed by atoms with van der Waals surface area (Å²) in [6, 6.07) is 9.78. The van der Waals surface area contributed by atoms with Crippen molar-refractivity contribution in [2.24, 2.45) is 10.7 Å². The van der Waals surface area contributed by atoms with Crippen molar-refractivity contribution in [3.05, 3.63) is 95.5 Å². The molecule has 3 N–H and O–H groups in total. The average molecular weight is 463 g/mol. The number of ketones is 1. The van der Waals surface area contributed by atoms with Crippen molar-refractivity contribution in [3.8, 4) is 6.07 Å². The summed E-state index contributed by atoms with van der Waals surface area (Å²) >= 11 is 0. The molecule has 184 valence electrons. The predicted octanol–water partition coefficient (Wildman–Crippen LogP) is 7.07. The summed E-state index contributed by atoms with van der Waals surface area (Å²) in [5, 5.41) is 12.2. The summed E-state index contributed by atoms with van der Waals surface area (Å²) in [5.41, 5.74) is 11.1. The van der Waals surface area contributed by atoms with E-state index in [0.717, 1.165) is 34.5 Å². The topological polar surface area (TPSA) is 91.3 Å². The summed E-state index contributed by atoms with van der Waals surface area (Å²) in [4.78, 5) is 15.3. The van der Waals surface area contributed by atoms with Crippen molar-refractivity contribution in [2.75, 3.05) is 0 Å². The Kier molecular flexibility index (Phi) is 18.1. The number of carbonyl (C=O) groups excluding carboxylic acids is 1. The van der Waals surface area contributed by atoms with E-state index in [4.69, 9.17) is 5.26 Å². The molecule has 34 heavy (non-hydrogen) atoms. The molecular formula is C29H42N4O. The first-order valence-corrected chi connectivity index (χ1v) is 11.3. The molecule has 0 aliphatic heterocycles. The number of rotatable bonds is 9. The van der Waals surface area contributed by atoms with Gasteiger partial charge in [0.2, 0.25) is 0 Å². The molecule has 0 amide bonds. The maximum Gasteiger partial charge on any atom is 0.155 e. The number of Topliss-reactive ketones (excluding diaryl/α,β-unsaturated/α-hetero) is 1. The first kappa shape index (κ1) is 32.5. The Hall–Kier alpha value is -3.65. The van der Waals surface area contributed by atoms with Gasteiger partial charge in [0.05, 0.1) is 17.7 Å². The van der Waals surface area contributed by atoms with Crippen molar-refractivity contribution >= 4 is 12.0 Å². The highest BCUT2D eigenvalue weighted by Crippen LogP contribution is 2.21. The van der Waals surface area contributed by atoms with E-state index in [0.29, 0.717) is 12.0 Å². The molecule has 0 bridgehead atoms. The van der Waals surface area contributed by atoms with E-state index in [1.54, 1.807) is 13.8 Å². The van der Waals surface area contributed by atoms with Gasteiger partial charge in [-0.3, -0.25) is 9.79 Å². The minimum atomic E-state index is 0.0698. The molecule has 1 rings (SSSR count). The van der Waals surface area contributed by atoms with Crippen LogP contribution in [0.4, 0.5) is 0 Å². The number of nitrogens with zero attached hydrogens (tertiary/aromatic N) is 2. The second-order valence-electron chi connectivity index (χ2n) is 7.78. The Morgan fingerprint density at radius 3 is 2.06 bits per heavy atom. The molecule has 0 saturated heterocycles. The fraction of sp³-hybridized carbons (Fsp3) is 0.345. The largest absolute Gasteiger partial charge is 0.405 e. The van der Waals surface area contributed by atoms with E-state index in [1.807, 2.05) is 50.4 Å². The molecular weight excluding hydrogens is 420 g/mol. The lowest BCUT2D eigenvalue weighted by atomic mass is 10.0. The molecule has 5 heteroatoms. The molecule has 0 radical (unpaired) electrons. The lowest BCUT2D eigenvalue weighted by Gasteiger charge is -2.21. The summed E-state index contributed by atoms with van der Waals surface area (Å²) in [7, 11) is 0. The second kappa shape index (κ2) is 18.9. The van der Waals surface area contributed by atoms with Gasteiger partial charge in [0.1, 0.15) is 0 Å². The second-order valence-corrected chi connectivity index (χ2v) is 7.78. The standard InChI is InChI=1S/C20H24N2O.C7H13N.C2H5N/c1-6-20(19-11-9-18(13-21)10-12-19)22-16(4)14(2)7-8-15(3)17(5)23;1-5-8-7(4)6(2)3;1-2-3/h8-12,20,22H,2,4,6-7H2,1,3,5H3;5H,1-4H3;2H,1,3H2/t20-;;/m0../s1. The fourth-order valence-corrected chi connectivity index (χ4v) is 2.39. The molecule has 0 aliphatic rings. The average Bonchev–Trinajstić information content (AvgIpc) is 2.81. The van der Waals surface area contributed by atoms with Crippen LogP contribution in [0.2, 0.25) is 0 Å². The zero-order chi connectivity index (χ0) is 26.7. The Morgan fingerprint density at radius 2 is 1.71 bits per heavy atom. The zero-order valence-electron chi connectivity index (χ0n) is 22.0. The van der Waals surface area contributed by atoms with Gasteiger partial charge in [-0.05, 0) is 89.4 Å². The van der Waals surface area contributed by atoms with Crippen molar-refractivity contribution in [2.45, 2.75) is 67.3 Å². The molecule has 1 aromatic carbocycles. The molecule has 5 nitrogen and oxygen atoms in total. The lowest BCUT2D eigenvalue weighted by Crippen LogP contribution is -2.20. The van der Waals surface area contributed by atoms with Crippen LogP contribution in [0.3, 0.4) is 0 Å². The van der Waals surface area contributed by atoms with Crippen LogP contribution in [-0.4, -0.2) is 12.0 Å². The van der Waals surface area contributed by atoms with Gasteiger partial charge in [-0.15, -0.1) is 0 Å². The third-order valence-electron chi connectivity index (χ3n) is 4.88. The number of allylic oxidation sites excluding steroid dienone is 5. The molecule has 0 aromatic heterocycles. The van der Waals surface area contributed by atoms with E-state index in [2.05, 4.69) is 62.6 Å². The van der Waals surface area contributed by atoms with E-state index in [-0.39, 0.29) is 11.8 Å². The Labute approximate surface area is 207 Å². The summed E-state index contributed by atoms with van der Waals surface area (Å²) < 4.78 is 0. The molecule has 0 fully saturated rings. The predicted molar refractivity (Wildman–Crippen MR) is 147 cm³/mol. The number of nitrogens with two attached hydrogens (primary N) is 1. The van der Waals surface area contributed by atoms with Gasteiger partial charge in [0.25, 0.3) is 0 Å². The first-order chi connectivity index (χ1) is 16.0. The van der Waals surface area contributed by atoms with Gasteiger partial charge < -0.3 is 11.1 Å². The number of nitrogens with one attached hydrogen (secondary N) is 1. The number of hydrogen-bond donors (Lipinski definition) is 2. The van der Waals surface area contributed by atoms with Crippen molar-refractivity contribution in [1.29, 1.82) is 5.26 Å². The van der Waals surface area contributed by atoms with Gasteiger partial charge in [-0.2, -0.15) is 5.26 Å². The highest BCUT2D eigenvalue weighted by atomic mass is 16.1. The van der Waals surface area contributed by atoms with Gasteiger partial charge in [-0.25, -0.2) is 0 Å². The minimum Gasteiger partial charge on any atom is -0.405 e. The Bertz CT molecular complexity index is 937. The van der Waals surface area contributed by atoms with E-state index < -0.39 is 0 Å². The zero-order valence-corrected chi connectivity index (χ0v) is 22.0. The van der Waals surface area contributed by atoms with Crippen LogP contribution in [0.1, 0.15) is 78.5 Å². The Balaban J connectivity index is 0. The maximum absolute atomic E-state index is 11.2. The third-order valence-corrected chi connectivity index (χ3v) is 4.88. The Morgan fingerprint density at radius 1 is 1.18 bits per heavy atom. The fourth-order valence-electron chi connectivity index (χ4n) is 2.39. The van der Waals surface area contributed by atoms with Crippen LogP contribution in [0.25, 0.3) is 0 Å². The molecule has 0 heterocycles. The quantitative estimate of drug-likeness (QED) is 0.233. The summed E-state index contributed by atoms with van der Waals surface area (Å²) in [6.45, 7) is 24.7. The van der Waals surface area contributed by atoms with Crippen molar-refractivity contribution < 1.29 is 4.79 Å². The molecule has 1 aromatic rings. The third kappa shape index (κ3) is 14.4. The number of carbonyl (C=O) groups is 1. The number of aliphatic imine (C=N–C) groups is 1. The van der Waals surface area contributed by atoms with Gasteiger partial charge in [0.15, 0.2) is 5.78 Å². The number of hydrogen-bond acceptors (Lipinski definition) is 5. The number of benzene rings is 1. The normalized spacial score (nSPS) is 10.9. The van der Waals surface area contributed by atoms with Crippen molar-refractivity contribution in [3.63, 3.8) is 0 Å². The molecule has 0 spiro atoms. The van der Waals surface area contributed by atoms with Gasteiger partial charge in [0, 0.05) is 17.6 Å². The molecule has 1 atom stereocenters. The van der Waals surface area contributed by atoms with E-state index >= 15 is 0 Å². The molecule has 0 saturated carbocycles. The summed E-state index contributed by atoms with van der Waals surface area (Å²) in [5.74, 6) is 0.0698. The van der Waals surface area contributed by atoms with Crippen LogP contribution in [-0.2, 0) is 4.79 Å². The number of nitriles is 1. The maximum atomic E-state index is 11.2. The first-order valence-electron chi connectivity index (χ1n) is 11.3. The van der Waals surface area contributed by atoms with E-state index in [1.165, 1.54) is 11.8 Å². The van der Waals surface area contributed by atoms with Crippen LogP contribution in [0.15, 0.2) is 89.4 Å². The molecule has 0 aliphatic carbocycles. The minimum absolute atomic E-state index is 0.0698. The highest BCUT2D eigenvalue weighted by Gasteiger charge is 2.11. The highest BCUT2D eigenvalue weighted by molar-refractivity contribution is 5.92. The van der Waals surface area contributed by atoms with Crippen molar-refractivity contribution in [1.82, 2.24) is 5.32 Å². The van der Waals surface area contributed by atoms with Gasteiger partial charge >= 0.3 is 0 Å². The lowest BCUT2D eigenvalue weighted by molar-refractivity contribution is -0.113. The van der Waals surface area contributed by atoms with Gasteiger partial charge in [-0.1, -0.05) is 50.4 Å². The SMILES string of the molecule is C=C(CC=C(C)C(C)=O)C(=C)N[C@@H](CC)c1ccc(C#N)cc1.C=CN.CC=NC(C)=C(C)C. The summed E-state index contributed by atoms with van der Waals surface area (Å²) in [6.07, 6.45) is 6.42. The monoisotopic (exact) mass is 462 g/mol. The molecule has 0 unspecified atom stereocenters.